The molecule has 0 spiro atoms. The Kier molecular flexibility index (Phi) is 5.05. The first-order valence-corrected chi connectivity index (χ1v) is 5.78. The van der Waals surface area contributed by atoms with Crippen LogP contribution in [0.4, 0.5) is 0 Å². The summed E-state index contributed by atoms with van der Waals surface area (Å²) < 4.78 is 0. The molecule has 1 aliphatic heterocycles. The van der Waals surface area contributed by atoms with Gasteiger partial charge in [0.2, 0.25) is 0 Å². The molecule has 4 nitrogen and oxygen atoms in total. The zero-order chi connectivity index (χ0) is 11.3. The number of rotatable bonds is 5. The molecule has 1 fully saturated rings. The van der Waals surface area contributed by atoms with Crippen LogP contribution in [0.3, 0.4) is 0 Å². The minimum Gasteiger partial charge on any atom is -0.481 e. The molecule has 0 bridgehead atoms. The lowest BCUT2D eigenvalue weighted by molar-refractivity contribution is -0.141. The van der Waals surface area contributed by atoms with Crippen molar-refractivity contribution in [3.63, 3.8) is 0 Å². The molecule has 88 valence electrons. The van der Waals surface area contributed by atoms with Crippen molar-refractivity contribution in [1.82, 2.24) is 10.2 Å². The van der Waals surface area contributed by atoms with Crippen LogP contribution in [0.1, 0.15) is 26.2 Å². The van der Waals surface area contributed by atoms with Gasteiger partial charge in [-0.1, -0.05) is 6.92 Å². The lowest BCUT2D eigenvalue weighted by Gasteiger charge is -2.31. The van der Waals surface area contributed by atoms with E-state index in [0.29, 0.717) is 19.0 Å². The molecule has 0 amide bonds. The molecule has 2 atom stereocenters. The van der Waals surface area contributed by atoms with Gasteiger partial charge in [-0.05, 0) is 32.9 Å². The summed E-state index contributed by atoms with van der Waals surface area (Å²) in [7, 11) is 2.11. The van der Waals surface area contributed by atoms with Crippen LogP contribution in [0.15, 0.2) is 0 Å². The van der Waals surface area contributed by atoms with Crippen LogP contribution in [-0.4, -0.2) is 48.7 Å². The minimum atomic E-state index is -0.686. The fourth-order valence-electron chi connectivity index (χ4n) is 2.05. The number of hydrogen-bond acceptors (Lipinski definition) is 3. The van der Waals surface area contributed by atoms with Crippen LogP contribution >= 0.6 is 0 Å². The third kappa shape index (κ3) is 4.18. The number of piperidine rings is 1. The summed E-state index contributed by atoms with van der Waals surface area (Å²) in [4.78, 5) is 13.1. The number of carboxylic acid groups (broad SMARTS) is 1. The summed E-state index contributed by atoms with van der Waals surface area (Å²) >= 11 is 0. The van der Waals surface area contributed by atoms with Crippen LogP contribution in [-0.2, 0) is 4.79 Å². The third-order valence-electron chi connectivity index (χ3n) is 3.12. The van der Waals surface area contributed by atoms with Gasteiger partial charge in [-0.3, -0.25) is 4.79 Å². The molecule has 0 aromatic carbocycles. The molecule has 1 heterocycles. The highest BCUT2D eigenvalue weighted by molar-refractivity contribution is 5.70. The van der Waals surface area contributed by atoms with Crippen molar-refractivity contribution >= 4 is 5.97 Å². The largest absolute Gasteiger partial charge is 0.481 e. The van der Waals surface area contributed by atoms with E-state index in [1.807, 2.05) is 6.92 Å². The van der Waals surface area contributed by atoms with Crippen molar-refractivity contribution in [3.05, 3.63) is 0 Å². The van der Waals surface area contributed by atoms with E-state index in [4.69, 9.17) is 5.11 Å². The first-order valence-electron chi connectivity index (χ1n) is 5.78. The van der Waals surface area contributed by atoms with E-state index >= 15 is 0 Å². The quantitative estimate of drug-likeness (QED) is 0.710. The molecule has 0 aromatic heterocycles. The number of likely N-dealkylation sites (tertiary alicyclic amines) is 1. The van der Waals surface area contributed by atoms with E-state index in [9.17, 15) is 4.79 Å². The molecule has 4 heteroatoms. The summed E-state index contributed by atoms with van der Waals surface area (Å²) in [5.41, 5.74) is 0. The first kappa shape index (κ1) is 12.5. The van der Waals surface area contributed by atoms with Crippen molar-refractivity contribution in [2.75, 3.05) is 26.7 Å². The summed E-state index contributed by atoms with van der Waals surface area (Å²) in [6.07, 6.45) is 3.07. The molecule has 15 heavy (non-hydrogen) atoms. The smallest absolute Gasteiger partial charge is 0.307 e. The van der Waals surface area contributed by atoms with E-state index in [2.05, 4.69) is 17.3 Å². The van der Waals surface area contributed by atoms with Crippen molar-refractivity contribution in [2.45, 2.75) is 32.2 Å². The van der Waals surface area contributed by atoms with Gasteiger partial charge in [0.25, 0.3) is 0 Å². The number of likely N-dealkylation sites (N-methyl/N-ethyl adjacent to an activating group) is 1. The van der Waals surface area contributed by atoms with Gasteiger partial charge < -0.3 is 15.3 Å². The average molecular weight is 214 g/mol. The Labute approximate surface area is 91.6 Å². The van der Waals surface area contributed by atoms with Gasteiger partial charge in [-0.2, -0.15) is 0 Å². The summed E-state index contributed by atoms with van der Waals surface area (Å²) in [6, 6.07) is 0.470. The number of hydrogen-bond donors (Lipinski definition) is 2. The number of carbonyl (C=O) groups is 1. The summed E-state index contributed by atoms with van der Waals surface area (Å²) in [6.45, 7) is 4.72. The lowest BCUT2D eigenvalue weighted by atomic mass is 10.0. The SMILES string of the molecule is CCC(CNC1CCCN(C)C1)C(=O)O. The maximum atomic E-state index is 10.8. The van der Waals surface area contributed by atoms with Crippen molar-refractivity contribution in [3.8, 4) is 0 Å². The Hall–Kier alpha value is -0.610. The van der Waals surface area contributed by atoms with Crippen LogP contribution in [0.25, 0.3) is 0 Å². The highest BCUT2D eigenvalue weighted by Gasteiger charge is 2.20. The maximum absolute atomic E-state index is 10.8. The topological polar surface area (TPSA) is 52.6 Å². The van der Waals surface area contributed by atoms with Gasteiger partial charge in [0, 0.05) is 19.1 Å². The standard InChI is InChI=1S/C11H22N2O2/c1-3-9(11(14)15)7-12-10-5-4-6-13(2)8-10/h9-10,12H,3-8H2,1-2H3,(H,14,15). The van der Waals surface area contributed by atoms with Gasteiger partial charge in [-0.15, -0.1) is 0 Å². The van der Waals surface area contributed by atoms with Crippen LogP contribution < -0.4 is 5.32 Å². The minimum absolute atomic E-state index is 0.239. The number of carboxylic acids is 1. The highest BCUT2D eigenvalue weighted by atomic mass is 16.4. The predicted molar refractivity (Wildman–Crippen MR) is 59.9 cm³/mol. The molecule has 2 unspecified atom stereocenters. The van der Waals surface area contributed by atoms with E-state index in [1.165, 1.54) is 12.8 Å². The third-order valence-corrected chi connectivity index (χ3v) is 3.12. The zero-order valence-electron chi connectivity index (χ0n) is 9.70. The zero-order valence-corrected chi connectivity index (χ0v) is 9.70. The fraction of sp³-hybridized carbons (Fsp3) is 0.909. The molecule has 1 rings (SSSR count). The van der Waals surface area contributed by atoms with E-state index in [0.717, 1.165) is 13.1 Å². The fourth-order valence-corrected chi connectivity index (χ4v) is 2.05. The predicted octanol–water partition coefficient (Wildman–Crippen LogP) is 0.781. The Morgan fingerprint density at radius 3 is 2.93 bits per heavy atom. The lowest BCUT2D eigenvalue weighted by Crippen LogP contribution is -2.46. The monoisotopic (exact) mass is 214 g/mol. The molecule has 0 radical (unpaired) electrons. The molecule has 1 aliphatic rings. The van der Waals surface area contributed by atoms with Crippen LogP contribution in [0, 0.1) is 5.92 Å². The highest BCUT2D eigenvalue weighted by Crippen LogP contribution is 2.09. The number of nitrogens with zero attached hydrogens (tertiary/aromatic N) is 1. The number of nitrogens with one attached hydrogen (secondary N) is 1. The molecule has 1 saturated heterocycles. The van der Waals surface area contributed by atoms with Gasteiger partial charge in [0.05, 0.1) is 5.92 Å². The number of aliphatic carboxylic acids is 1. The van der Waals surface area contributed by atoms with E-state index in [-0.39, 0.29) is 5.92 Å². The second-order valence-electron chi connectivity index (χ2n) is 4.45. The van der Waals surface area contributed by atoms with Crippen LogP contribution in [0.5, 0.6) is 0 Å². The average Bonchev–Trinajstić information content (AvgIpc) is 2.18. The van der Waals surface area contributed by atoms with Gasteiger partial charge in [0.15, 0.2) is 0 Å². The van der Waals surface area contributed by atoms with Crippen molar-refractivity contribution in [1.29, 1.82) is 0 Å². The maximum Gasteiger partial charge on any atom is 0.307 e. The second kappa shape index (κ2) is 6.08. The summed E-state index contributed by atoms with van der Waals surface area (Å²) in [5, 5.41) is 12.3. The first-order chi connectivity index (χ1) is 7.13. The molecular weight excluding hydrogens is 192 g/mol. The van der Waals surface area contributed by atoms with Crippen molar-refractivity contribution < 1.29 is 9.90 Å². The van der Waals surface area contributed by atoms with Crippen molar-refractivity contribution in [2.24, 2.45) is 5.92 Å². The van der Waals surface area contributed by atoms with E-state index in [1.54, 1.807) is 0 Å². The Balaban J connectivity index is 2.26. The normalized spacial score (nSPS) is 25.1. The molecular formula is C11H22N2O2. The second-order valence-corrected chi connectivity index (χ2v) is 4.45. The summed E-state index contributed by atoms with van der Waals surface area (Å²) in [5.74, 6) is -0.925. The van der Waals surface area contributed by atoms with Crippen LogP contribution in [0.2, 0.25) is 0 Å². The van der Waals surface area contributed by atoms with E-state index < -0.39 is 5.97 Å². The van der Waals surface area contributed by atoms with Gasteiger partial charge in [0.1, 0.15) is 0 Å². The Morgan fingerprint density at radius 1 is 1.67 bits per heavy atom. The molecule has 2 N–H and O–H groups in total. The Morgan fingerprint density at radius 2 is 2.40 bits per heavy atom. The van der Waals surface area contributed by atoms with Gasteiger partial charge >= 0.3 is 5.97 Å². The molecule has 0 aliphatic carbocycles. The molecule has 0 saturated carbocycles. The Bertz CT molecular complexity index is 209. The molecule has 0 aromatic rings. The van der Waals surface area contributed by atoms with Gasteiger partial charge in [-0.25, -0.2) is 0 Å².